The Morgan fingerprint density at radius 3 is 2.40 bits per heavy atom. The van der Waals surface area contributed by atoms with Gasteiger partial charge in [0.2, 0.25) is 0 Å². The van der Waals surface area contributed by atoms with Crippen LogP contribution in [0, 0.1) is 0 Å². The Kier molecular flexibility index (Phi) is 3.94. The van der Waals surface area contributed by atoms with Gasteiger partial charge in [0.05, 0.1) is 20.3 Å². The highest BCUT2D eigenvalue weighted by atomic mass is 16.5. The second-order valence-corrected chi connectivity index (χ2v) is 3.41. The van der Waals surface area contributed by atoms with Crippen LogP contribution in [0.25, 0.3) is 0 Å². The van der Waals surface area contributed by atoms with Crippen molar-refractivity contribution in [3.63, 3.8) is 0 Å². The molecular formula is C11H17NO3. The van der Waals surface area contributed by atoms with Crippen molar-refractivity contribution < 1.29 is 14.6 Å². The van der Waals surface area contributed by atoms with Gasteiger partial charge < -0.3 is 20.3 Å². The van der Waals surface area contributed by atoms with Crippen molar-refractivity contribution in [2.24, 2.45) is 5.73 Å². The number of nitrogens with two attached hydrogens (primary N) is 1. The summed E-state index contributed by atoms with van der Waals surface area (Å²) in [6, 6.07) is 4.90. The molecule has 0 heterocycles. The van der Waals surface area contributed by atoms with Gasteiger partial charge >= 0.3 is 0 Å². The lowest BCUT2D eigenvalue weighted by Crippen LogP contribution is -2.24. The van der Waals surface area contributed by atoms with Crippen LogP contribution in [0.3, 0.4) is 0 Å². The average molecular weight is 211 g/mol. The third kappa shape index (κ3) is 2.61. The summed E-state index contributed by atoms with van der Waals surface area (Å²) in [5.41, 5.74) is 6.28. The predicted octanol–water partition coefficient (Wildman–Crippen LogP) is 1.08. The molecule has 2 atom stereocenters. The van der Waals surface area contributed by atoms with Crippen molar-refractivity contribution in [3.8, 4) is 11.5 Å². The molecule has 84 valence electrons. The first-order valence-electron chi connectivity index (χ1n) is 4.75. The first-order valence-corrected chi connectivity index (χ1v) is 4.75. The zero-order chi connectivity index (χ0) is 11.4. The molecule has 4 nitrogen and oxygen atoms in total. The smallest absolute Gasteiger partial charge is 0.124 e. The Morgan fingerprint density at radius 2 is 1.93 bits per heavy atom. The van der Waals surface area contributed by atoms with Gasteiger partial charge in [-0.15, -0.1) is 0 Å². The molecule has 0 fully saturated rings. The largest absolute Gasteiger partial charge is 0.497 e. The van der Waals surface area contributed by atoms with Crippen LogP contribution in [0.15, 0.2) is 18.2 Å². The highest BCUT2D eigenvalue weighted by Crippen LogP contribution is 2.30. The number of rotatable bonds is 4. The van der Waals surface area contributed by atoms with E-state index in [1.54, 1.807) is 39.3 Å². The van der Waals surface area contributed by atoms with E-state index in [0.29, 0.717) is 17.1 Å². The lowest BCUT2D eigenvalue weighted by atomic mass is 10.0. The van der Waals surface area contributed by atoms with Gasteiger partial charge in [-0.3, -0.25) is 0 Å². The van der Waals surface area contributed by atoms with Crippen molar-refractivity contribution in [1.29, 1.82) is 0 Å². The third-order valence-corrected chi connectivity index (χ3v) is 2.25. The van der Waals surface area contributed by atoms with E-state index in [9.17, 15) is 5.11 Å². The number of hydrogen-bond acceptors (Lipinski definition) is 4. The van der Waals surface area contributed by atoms with Gasteiger partial charge in [0.25, 0.3) is 0 Å². The molecule has 0 aliphatic rings. The highest BCUT2D eigenvalue weighted by molar-refractivity contribution is 5.42. The van der Waals surface area contributed by atoms with Crippen LogP contribution >= 0.6 is 0 Å². The molecule has 4 heteroatoms. The van der Waals surface area contributed by atoms with Crippen molar-refractivity contribution in [1.82, 2.24) is 0 Å². The van der Waals surface area contributed by atoms with Gasteiger partial charge in [-0.05, 0) is 25.1 Å². The van der Waals surface area contributed by atoms with E-state index < -0.39 is 6.10 Å². The van der Waals surface area contributed by atoms with E-state index in [-0.39, 0.29) is 6.04 Å². The van der Waals surface area contributed by atoms with Crippen LogP contribution in [-0.2, 0) is 0 Å². The number of methoxy groups -OCH3 is 2. The second kappa shape index (κ2) is 5.00. The average Bonchev–Trinajstić information content (AvgIpc) is 2.27. The molecule has 0 aliphatic heterocycles. The third-order valence-electron chi connectivity index (χ3n) is 2.25. The minimum atomic E-state index is -0.755. The first kappa shape index (κ1) is 11.8. The van der Waals surface area contributed by atoms with E-state index in [4.69, 9.17) is 15.2 Å². The molecule has 0 radical (unpaired) electrons. The Hall–Kier alpha value is -1.26. The van der Waals surface area contributed by atoms with Gasteiger partial charge in [-0.2, -0.15) is 0 Å². The SMILES string of the molecule is COc1ccc(OC)c([C@H](O)[C@@H](C)N)c1. The fraction of sp³-hybridized carbons (Fsp3) is 0.455. The van der Waals surface area contributed by atoms with Crippen LogP contribution < -0.4 is 15.2 Å². The summed E-state index contributed by atoms with van der Waals surface area (Å²) in [5.74, 6) is 1.28. The van der Waals surface area contributed by atoms with Crippen LogP contribution in [0.5, 0.6) is 11.5 Å². The van der Waals surface area contributed by atoms with Gasteiger partial charge in [0, 0.05) is 11.6 Å². The van der Waals surface area contributed by atoms with Crippen LogP contribution in [0.4, 0.5) is 0 Å². The molecular weight excluding hydrogens is 194 g/mol. The Morgan fingerprint density at radius 1 is 1.27 bits per heavy atom. The summed E-state index contributed by atoms with van der Waals surface area (Å²) in [6.45, 7) is 1.74. The fourth-order valence-corrected chi connectivity index (χ4v) is 1.35. The van der Waals surface area contributed by atoms with E-state index >= 15 is 0 Å². The molecule has 0 saturated heterocycles. The molecule has 1 aromatic rings. The Bertz CT molecular complexity index is 326. The van der Waals surface area contributed by atoms with Crippen molar-refractivity contribution in [2.75, 3.05) is 14.2 Å². The maximum atomic E-state index is 9.87. The van der Waals surface area contributed by atoms with E-state index in [1.165, 1.54) is 0 Å². The molecule has 15 heavy (non-hydrogen) atoms. The number of ether oxygens (including phenoxy) is 2. The molecule has 0 saturated carbocycles. The van der Waals surface area contributed by atoms with Crippen LogP contribution in [0.2, 0.25) is 0 Å². The van der Waals surface area contributed by atoms with Crippen molar-refractivity contribution in [2.45, 2.75) is 19.1 Å². The standard InChI is InChI=1S/C11H17NO3/c1-7(12)11(13)9-6-8(14-2)4-5-10(9)15-3/h4-7,11,13H,12H2,1-3H3/t7-,11-/m1/s1. The quantitative estimate of drug-likeness (QED) is 0.782. The number of benzene rings is 1. The number of aliphatic hydroxyl groups excluding tert-OH is 1. The Balaban J connectivity index is 3.11. The molecule has 0 aliphatic carbocycles. The summed E-state index contributed by atoms with van der Waals surface area (Å²) >= 11 is 0. The molecule has 0 spiro atoms. The molecule has 1 aromatic carbocycles. The van der Waals surface area contributed by atoms with Crippen LogP contribution in [-0.4, -0.2) is 25.4 Å². The van der Waals surface area contributed by atoms with Gasteiger partial charge in [0.1, 0.15) is 11.5 Å². The zero-order valence-electron chi connectivity index (χ0n) is 9.23. The molecule has 0 aromatic heterocycles. The topological polar surface area (TPSA) is 64.7 Å². The molecule has 0 amide bonds. The molecule has 0 unspecified atom stereocenters. The lowest BCUT2D eigenvalue weighted by Gasteiger charge is -2.18. The van der Waals surface area contributed by atoms with Gasteiger partial charge in [-0.25, -0.2) is 0 Å². The highest BCUT2D eigenvalue weighted by Gasteiger charge is 2.17. The summed E-state index contributed by atoms with van der Waals surface area (Å²) in [5, 5.41) is 9.87. The minimum absolute atomic E-state index is 0.356. The van der Waals surface area contributed by atoms with Crippen LogP contribution in [0.1, 0.15) is 18.6 Å². The van der Waals surface area contributed by atoms with E-state index in [1.807, 2.05) is 0 Å². The maximum absolute atomic E-state index is 9.87. The number of hydrogen-bond donors (Lipinski definition) is 2. The van der Waals surface area contributed by atoms with Crippen molar-refractivity contribution in [3.05, 3.63) is 23.8 Å². The van der Waals surface area contributed by atoms with Crippen molar-refractivity contribution >= 4 is 0 Å². The normalized spacial score (nSPS) is 14.5. The maximum Gasteiger partial charge on any atom is 0.124 e. The van der Waals surface area contributed by atoms with Gasteiger partial charge in [0.15, 0.2) is 0 Å². The minimum Gasteiger partial charge on any atom is -0.497 e. The molecule has 0 bridgehead atoms. The lowest BCUT2D eigenvalue weighted by molar-refractivity contribution is 0.149. The Labute approximate surface area is 89.6 Å². The van der Waals surface area contributed by atoms with E-state index in [0.717, 1.165) is 0 Å². The fourth-order valence-electron chi connectivity index (χ4n) is 1.35. The molecule has 1 rings (SSSR count). The summed E-state index contributed by atoms with van der Waals surface area (Å²) in [4.78, 5) is 0. The van der Waals surface area contributed by atoms with E-state index in [2.05, 4.69) is 0 Å². The van der Waals surface area contributed by atoms with Gasteiger partial charge in [-0.1, -0.05) is 0 Å². The second-order valence-electron chi connectivity index (χ2n) is 3.41. The summed E-state index contributed by atoms with van der Waals surface area (Å²) in [7, 11) is 3.13. The first-order chi connectivity index (χ1) is 7.10. The predicted molar refractivity (Wildman–Crippen MR) is 58.2 cm³/mol. The molecule has 3 N–H and O–H groups in total. The number of aliphatic hydroxyl groups is 1. The summed E-state index contributed by atoms with van der Waals surface area (Å²) < 4.78 is 10.2. The summed E-state index contributed by atoms with van der Waals surface area (Å²) in [6.07, 6.45) is -0.755. The zero-order valence-corrected chi connectivity index (χ0v) is 9.23. The monoisotopic (exact) mass is 211 g/mol.